The van der Waals surface area contributed by atoms with Gasteiger partial charge in [0.25, 0.3) is 0 Å². The smallest absolute Gasteiger partial charge is 0.382 e. The van der Waals surface area contributed by atoms with Crippen LogP contribution in [0, 0.1) is 0 Å². The third-order valence-corrected chi connectivity index (χ3v) is 5.79. The molecule has 2 rings (SSSR count). The fourth-order valence-electron chi connectivity index (χ4n) is 3.77. The van der Waals surface area contributed by atoms with Crippen LogP contribution in [0.5, 0.6) is 0 Å². The van der Waals surface area contributed by atoms with Crippen molar-refractivity contribution in [1.82, 2.24) is 0 Å². The second-order valence-electron chi connectivity index (χ2n) is 7.67. The number of benzene rings is 1. The first-order valence-electron chi connectivity index (χ1n) is 9.97. The molecule has 6 nitrogen and oxygen atoms in total. The number of hydrogen-bond acceptors (Lipinski definition) is 4. The molecule has 0 saturated heterocycles. The number of hydrogen-bond donors (Lipinski definition) is 3. The highest BCUT2D eigenvalue weighted by atomic mass is 31.2. The average Bonchev–Trinajstić information content (AvgIpc) is 3.02. The summed E-state index contributed by atoms with van der Waals surface area (Å²) in [6.07, 6.45) is 8.19. The van der Waals surface area contributed by atoms with E-state index in [0.29, 0.717) is 18.8 Å². The summed E-state index contributed by atoms with van der Waals surface area (Å²) in [5.74, 6) is 0.322. The topological polar surface area (TPSA) is 102 Å². The van der Waals surface area contributed by atoms with Gasteiger partial charge in [0.05, 0.1) is 6.61 Å². The molecule has 0 radical (unpaired) electrons. The van der Waals surface area contributed by atoms with Crippen molar-refractivity contribution in [3.05, 3.63) is 35.4 Å². The van der Waals surface area contributed by atoms with Crippen LogP contribution in [0.15, 0.2) is 24.3 Å². The Hall–Kier alpha value is -0.750. The van der Waals surface area contributed by atoms with Crippen LogP contribution in [0.25, 0.3) is 0 Å². The molecule has 154 valence electrons. The second kappa shape index (κ2) is 10.7. The molecular weight excluding hydrogens is 365 g/mol. The van der Waals surface area contributed by atoms with Crippen molar-refractivity contribution in [1.29, 1.82) is 0 Å². The number of phosphoric ester groups is 1. The quantitative estimate of drug-likeness (QED) is 0.364. The van der Waals surface area contributed by atoms with Crippen LogP contribution in [-0.4, -0.2) is 35.1 Å². The highest BCUT2D eigenvalue weighted by Crippen LogP contribution is 2.43. The zero-order chi connectivity index (χ0) is 19.8. The SMILES string of the molecule is CCOCCCCCCc1ccc([C@@H]2CC[C@](N)(COP(=O)(O)O)C2)cc1. The van der Waals surface area contributed by atoms with E-state index in [1.165, 1.54) is 30.4 Å². The molecule has 4 N–H and O–H groups in total. The van der Waals surface area contributed by atoms with Crippen molar-refractivity contribution in [3.63, 3.8) is 0 Å². The molecule has 0 spiro atoms. The normalized spacial score (nSPS) is 23.0. The van der Waals surface area contributed by atoms with Crippen LogP contribution in [-0.2, 0) is 20.2 Å². The Bertz CT molecular complexity index is 603. The van der Waals surface area contributed by atoms with Crippen LogP contribution in [0.4, 0.5) is 0 Å². The number of phosphoric acid groups is 1. The molecule has 0 aliphatic heterocycles. The van der Waals surface area contributed by atoms with E-state index in [1.54, 1.807) is 0 Å². The Morgan fingerprint density at radius 2 is 1.89 bits per heavy atom. The molecule has 0 heterocycles. The van der Waals surface area contributed by atoms with E-state index in [2.05, 4.69) is 28.8 Å². The minimum Gasteiger partial charge on any atom is -0.382 e. The fourth-order valence-corrected chi connectivity index (χ4v) is 4.20. The van der Waals surface area contributed by atoms with E-state index in [1.807, 2.05) is 6.92 Å². The molecule has 0 aromatic heterocycles. The first-order chi connectivity index (χ1) is 12.8. The maximum atomic E-state index is 10.9. The van der Waals surface area contributed by atoms with Gasteiger partial charge in [0, 0.05) is 18.8 Å². The molecule has 1 aliphatic rings. The van der Waals surface area contributed by atoms with Gasteiger partial charge in [-0.2, -0.15) is 0 Å². The summed E-state index contributed by atoms with van der Waals surface area (Å²) in [6.45, 7) is 3.60. The molecule has 1 aliphatic carbocycles. The van der Waals surface area contributed by atoms with Crippen molar-refractivity contribution in [2.75, 3.05) is 19.8 Å². The van der Waals surface area contributed by atoms with E-state index in [-0.39, 0.29) is 6.61 Å². The van der Waals surface area contributed by atoms with Gasteiger partial charge in [-0.1, -0.05) is 37.1 Å². The lowest BCUT2D eigenvalue weighted by Crippen LogP contribution is -2.41. The number of rotatable bonds is 12. The third-order valence-electron chi connectivity index (χ3n) is 5.32. The lowest BCUT2D eigenvalue weighted by atomic mass is 9.92. The summed E-state index contributed by atoms with van der Waals surface area (Å²) in [6, 6.07) is 8.73. The van der Waals surface area contributed by atoms with Crippen LogP contribution < -0.4 is 5.73 Å². The first kappa shape index (κ1) is 22.5. The van der Waals surface area contributed by atoms with E-state index in [4.69, 9.17) is 20.3 Å². The van der Waals surface area contributed by atoms with E-state index in [9.17, 15) is 4.57 Å². The molecule has 1 saturated carbocycles. The van der Waals surface area contributed by atoms with Gasteiger partial charge in [-0.25, -0.2) is 4.57 Å². The monoisotopic (exact) mass is 399 g/mol. The highest BCUT2D eigenvalue weighted by molar-refractivity contribution is 7.46. The van der Waals surface area contributed by atoms with Gasteiger partial charge in [-0.05, 0) is 62.5 Å². The fraction of sp³-hybridized carbons (Fsp3) is 0.700. The molecule has 1 aromatic carbocycles. The molecule has 0 bridgehead atoms. The summed E-state index contributed by atoms with van der Waals surface area (Å²) in [7, 11) is -4.47. The second-order valence-corrected chi connectivity index (χ2v) is 8.91. The van der Waals surface area contributed by atoms with Crippen molar-refractivity contribution in [2.24, 2.45) is 5.73 Å². The summed E-state index contributed by atoms with van der Waals surface area (Å²) in [4.78, 5) is 17.8. The summed E-state index contributed by atoms with van der Waals surface area (Å²) < 4.78 is 20.9. The van der Waals surface area contributed by atoms with Crippen LogP contribution in [0.2, 0.25) is 0 Å². The Kier molecular flexibility index (Phi) is 8.93. The van der Waals surface area contributed by atoms with E-state index < -0.39 is 13.4 Å². The Balaban J connectivity index is 1.73. The number of nitrogens with two attached hydrogens (primary N) is 1. The maximum absolute atomic E-state index is 10.9. The molecule has 0 unspecified atom stereocenters. The third kappa shape index (κ3) is 8.43. The standard InChI is InChI=1S/C20H34NO5P/c1-2-25-14-6-4-3-5-7-17-8-10-18(11-9-17)19-12-13-20(21,15-19)16-26-27(22,23)24/h8-11,19H,2-7,12-16,21H2,1H3,(H2,22,23,24)/t19-,20-/m1/s1. The van der Waals surface area contributed by atoms with E-state index in [0.717, 1.165) is 32.5 Å². The number of unbranched alkanes of at least 4 members (excludes halogenated alkanes) is 3. The number of aryl methyl sites for hydroxylation is 1. The first-order valence-corrected chi connectivity index (χ1v) is 11.5. The summed E-state index contributed by atoms with van der Waals surface area (Å²) in [5.41, 5.74) is 8.21. The molecule has 2 atom stereocenters. The lowest BCUT2D eigenvalue weighted by molar-refractivity contribution is 0.143. The zero-order valence-corrected chi connectivity index (χ0v) is 17.2. The molecule has 0 amide bonds. The summed E-state index contributed by atoms with van der Waals surface area (Å²) >= 11 is 0. The van der Waals surface area contributed by atoms with Gasteiger partial charge in [0.1, 0.15) is 0 Å². The van der Waals surface area contributed by atoms with Crippen molar-refractivity contribution in [3.8, 4) is 0 Å². The van der Waals surface area contributed by atoms with Crippen molar-refractivity contribution in [2.45, 2.75) is 69.7 Å². The van der Waals surface area contributed by atoms with E-state index >= 15 is 0 Å². The Morgan fingerprint density at radius 3 is 2.56 bits per heavy atom. The van der Waals surface area contributed by atoms with Crippen molar-refractivity contribution >= 4 is 7.82 Å². The van der Waals surface area contributed by atoms with Crippen LogP contribution in [0.3, 0.4) is 0 Å². The predicted molar refractivity (Wildman–Crippen MR) is 107 cm³/mol. The van der Waals surface area contributed by atoms with Gasteiger partial charge >= 0.3 is 7.82 Å². The Labute approximate surface area is 162 Å². The molecule has 7 heteroatoms. The molecule has 1 fully saturated rings. The Morgan fingerprint density at radius 1 is 1.19 bits per heavy atom. The van der Waals surface area contributed by atoms with Crippen LogP contribution in [0.1, 0.15) is 68.9 Å². The molecule has 27 heavy (non-hydrogen) atoms. The van der Waals surface area contributed by atoms with Gasteiger partial charge in [-0.15, -0.1) is 0 Å². The van der Waals surface area contributed by atoms with Gasteiger partial charge in [0.2, 0.25) is 0 Å². The van der Waals surface area contributed by atoms with Gasteiger partial charge in [0.15, 0.2) is 0 Å². The lowest BCUT2D eigenvalue weighted by Gasteiger charge is -2.24. The van der Waals surface area contributed by atoms with Gasteiger partial charge in [-0.3, -0.25) is 4.52 Å². The van der Waals surface area contributed by atoms with Gasteiger partial charge < -0.3 is 20.3 Å². The molecular formula is C20H34NO5P. The largest absolute Gasteiger partial charge is 0.469 e. The highest BCUT2D eigenvalue weighted by Gasteiger charge is 2.38. The van der Waals surface area contributed by atoms with Crippen LogP contribution >= 0.6 is 7.82 Å². The summed E-state index contributed by atoms with van der Waals surface area (Å²) in [5, 5.41) is 0. The average molecular weight is 399 g/mol. The maximum Gasteiger partial charge on any atom is 0.469 e. The molecule has 1 aromatic rings. The number of ether oxygens (including phenoxy) is 1. The predicted octanol–water partition coefficient (Wildman–Crippen LogP) is 3.90. The minimum atomic E-state index is -4.47. The van der Waals surface area contributed by atoms with Crippen molar-refractivity contribution < 1.29 is 23.6 Å². The minimum absolute atomic E-state index is 0.102. The zero-order valence-electron chi connectivity index (χ0n) is 16.3.